The molecule has 0 radical (unpaired) electrons. The molecule has 1 aromatic carbocycles. The maximum atomic E-state index is 14.9. The Kier molecular flexibility index (Phi) is 7.48. The topological polar surface area (TPSA) is 9.23 Å². The van der Waals surface area contributed by atoms with E-state index in [4.69, 9.17) is 11.6 Å². The molecule has 0 spiro atoms. The van der Waals surface area contributed by atoms with Gasteiger partial charge in [-0.25, -0.2) is 8.78 Å². The first kappa shape index (κ1) is 29.9. The molecule has 1 rings (SSSR count). The quantitative estimate of drug-likeness (QED) is 0.331. The minimum absolute atomic E-state index is 0.0330. The Morgan fingerprint density at radius 1 is 0.618 bits per heavy atom. The summed E-state index contributed by atoms with van der Waals surface area (Å²) in [5.74, 6) is -22.3. The van der Waals surface area contributed by atoms with Gasteiger partial charge in [-0.15, -0.1) is 0 Å². The Balaban J connectivity index is 4.26. The van der Waals surface area contributed by atoms with Crippen molar-refractivity contribution in [3.05, 3.63) is 40.7 Å². The third-order valence-electron chi connectivity index (χ3n) is 3.74. The number of rotatable bonds is 5. The SMILES string of the molecule is F/C(=C(/C(F)(F)F)C(F)(Oc1ccc(Cl)cc1)C(F)(F)C(F)(F)F)C(F)(C(F)(F)F)C(F)(F)F. The largest absolute Gasteiger partial charge is 0.461 e. The van der Waals surface area contributed by atoms with Gasteiger partial charge in [-0.3, -0.25) is 0 Å². The molecular weight excluding hydrogens is 555 g/mol. The molecule has 0 amide bonds. The first-order valence-electron chi connectivity index (χ1n) is 7.63. The average molecular weight is 559 g/mol. The zero-order chi connectivity index (χ0) is 27.3. The van der Waals surface area contributed by atoms with Crippen molar-refractivity contribution in [1.82, 2.24) is 0 Å². The summed E-state index contributed by atoms with van der Waals surface area (Å²) in [5.41, 5.74) is -13.1. The number of ether oxygens (including phenoxy) is 1. The molecule has 1 aromatic rings. The number of hydrogen-bond acceptors (Lipinski definition) is 1. The lowest BCUT2D eigenvalue weighted by Gasteiger charge is -2.38. The van der Waals surface area contributed by atoms with Crippen molar-refractivity contribution >= 4 is 11.6 Å². The van der Waals surface area contributed by atoms with E-state index >= 15 is 0 Å². The van der Waals surface area contributed by atoms with Crippen LogP contribution in [-0.4, -0.2) is 42.2 Å². The maximum Gasteiger partial charge on any atom is 0.461 e. The van der Waals surface area contributed by atoms with Crippen molar-refractivity contribution in [3.8, 4) is 5.75 Å². The number of benzene rings is 1. The molecule has 0 N–H and O–H groups in total. The fourth-order valence-corrected chi connectivity index (χ4v) is 2.28. The molecule has 0 bridgehead atoms. The van der Waals surface area contributed by atoms with E-state index in [0.717, 1.165) is 0 Å². The second-order valence-corrected chi connectivity index (χ2v) is 6.50. The summed E-state index contributed by atoms with van der Waals surface area (Å²) in [4.78, 5) is 0. The predicted molar refractivity (Wildman–Crippen MR) is 77.1 cm³/mol. The van der Waals surface area contributed by atoms with Gasteiger partial charge in [0, 0.05) is 5.02 Å². The summed E-state index contributed by atoms with van der Waals surface area (Å²) >= 11 is 5.26. The molecule has 1 unspecified atom stereocenters. The first-order valence-corrected chi connectivity index (χ1v) is 8.01. The molecule has 0 aromatic heterocycles. The van der Waals surface area contributed by atoms with Crippen LogP contribution in [0.3, 0.4) is 0 Å². The van der Waals surface area contributed by atoms with Gasteiger partial charge in [0.2, 0.25) is 0 Å². The number of hydrogen-bond donors (Lipinski definition) is 0. The van der Waals surface area contributed by atoms with Crippen molar-refractivity contribution in [2.75, 3.05) is 0 Å². The van der Waals surface area contributed by atoms with Crippen molar-refractivity contribution in [1.29, 1.82) is 0 Å². The molecule has 196 valence electrons. The fourth-order valence-electron chi connectivity index (χ4n) is 2.15. The summed E-state index contributed by atoms with van der Waals surface area (Å²) in [6.45, 7) is 0. The van der Waals surface area contributed by atoms with E-state index in [9.17, 15) is 74.6 Å². The van der Waals surface area contributed by atoms with Crippen LogP contribution < -0.4 is 4.74 Å². The third-order valence-corrected chi connectivity index (χ3v) is 3.99. The Hall–Kier alpha value is -2.14. The van der Waals surface area contributed by atoms with Crippen molar-refractivity contribution < 1.29 is 79.4 Å². The second-order valence-electron chi connectivity index (χ2n) is 6.06. The molecule has 1 nitrogen and oxygen atoms in total. The molecule has 0 saturated carbocycles. The minimum Gasteiger partial charge on any atom is -0.448 e. The second kappa shape index (κ2) is 8.51. The summed E-state index contributed by atoms with van der Waals surface area (Å²) in [6, 6.07) is 0.902. The molecule has 0 aliphatic rings. The van der Waals surface area contributed by atoms with Gasteiger partial charge < -0.3 is 4.74 Å². The van der Waals surface area contributed by atoms with Crippen LogP contribution in [-0.2, 0) is 0 Å². The lowest BCUT2D eigenvalue weighted by Crippen LogP contribution is -2.63. The minimum atomic E-state index is -7.90. The van der Waals surface area contributed by atoms with Gasteiger partial charge in [-0.05, 0) is 24.3 Å². The van der Waals surface area contributed by atoms with E-state index in [0.29, 0.717) is 12.1 Å². The van der Waals surface area contributed by atoms with Crippen LogP contribution in [0, 0.1) is 0 Å². The first-order chi connectivity index (χ1) is 14.7. The normalized spacial score (nSPS) is 17.2. The van der Waals surface area contributed by atoms with E-state index in [2.05, 4.69) is 4.74 Å². The number of alkyl halides is 16. The highest BCUT2D eigenvalue weighted by Crippen LogP contribution is 2.59. The molecule has 0 saturated heterocycles. The Morgan fingerprint density at radius 3 is 1.29 bits per heavy atom. The third kappa shape index (κ3) is 4.95. The van der Waals surface area contributed by atoms with E-state index in [1.807, 2.05) is 0 Å². The van der Waals surface area contributed by atoms with E-state index in [1.54, 1.807) is 0 Å². The average Bonchev–Trinajstić information content (AvgIpc) is 2.58. The summed E-state index contributed by atoms with van der Waals surface area (Å²) in [5, 5.41) is -0.464. The van der Waals surface area contributed by atoms with Crippen LogP contribution in [0.5, 0.6) is 5.75 Å². The molecule has 0 fully saturated rings. The molecular formula is C15H4ClF17O. The Labute approximate surface area is 180 Å². The molecule has 0 aliphatic carbocycles. The van der Waals surface area contributed by atoms with Gasteiger partial charge in [0.25, 0.3) is 0 Å². The standard InChI is InChI=1S/C15H4ClF17O/c16-5-1-3-6(4-2-5)34-10(19,12(23,24)15(31,32)33)7(11(20,21)22)8(17)9(18,13(25,26)27)14(28,29)30/h1-4H/b8-7+. The van der Waals surface area contributed by atoms with Gasteiger partial charge in [0.1, 0.15) is 5.75 Å². The number of halogens is 18. The lowest BCUT2D eigenvalue weighted by atomic mass is 9.91. The van der Waals surface area contributed by atoms with Crippen LogP contribution >= 0.6 is 11.6 Å². The Morgan fingerprint density at radius 2 is 1.00 bits per heavy atom. The summed E-state index contributed by atoms with van der Waals surface area (Å²) in [6.07, 6.45) is -30.8. The smallest absolute Gasteiger partial charge is 0.448 e. The van der Waals surface area contributed by atoms with Crippen molar-refractivity contribution in [3.63, 3.8) is 0 Å². The summed E-state index contributed by atoms with van der Waals surface area (Å²) in [7, 11) is 0. The van der Waals surface area contributed by atoms with E-state index < -0.39 is 64.3 Å². The van der Waals surface area contributed by atoms with Gasteiger partial charge in [-0.1, -0.05) is 11.6 Å². The fraction of sp³-hybridized carbons (Fsp3) is 0.467. The van der Waals surface area contributed by atoms with Crippen molar-refractivity contribution in [2.45, 2.75) is 42.2 Å². The van der Waals surface area contributed by atoms with Crippen LogP contribution in [0.4, 0.5) is 74.6 Å². The van der Waals surface area contributed by atoms with Crippen LogP contribution in [0.1, 0.15) is 0 Å². The van der Waals surface area contributed by atoms with Crippen LogP contribution in [0.25, 0.3) is 0 Å². The summed E-state index contributed by atoms with van der Waals surface area (Å²) < 4.78 is 228. The molecule has 34 heavy (non-hydrogen) atoms. The molecule has 19 heteroatoms. The highest BCUT2D eigenvalue weighted by molar-refractivity contribution is 6.30. The number of allylic oxidation sites excluding steroid dienone is 1. The molecule has 0 aliphatic heterocycles. The van der Waals surface area contributed by atoms with E-state index in [1.165, 1.54) is 0 Å². The van der Waals surface area contributed by atoms with Crippen LogP contribution in [0.15, 0.2) is 35.7 Å². The van der Waals surface area contributed by atoms with Crippen LogP contribution in [0.2, 0.25) is 5.02 Å². The van der Waals surface area contributed by atoms with Crippen molar-refractivity contribution in [2.24, 2.45) is 0 Å². The Bertz CT molecular complexity index is 891. The lowest BCUT2D eigenvalue weighted by molar-refractivity contribution is -0.364. The van der Waals surface area contributed by atoms with Gasteiger partial charge >= 0.3 is 42.2 Å². The highest BCUT2D eigenvalue weighted by Gasteiger charge is 2.83. The zero-order valence-electron chi connectivity index (χ0n) is 15.0. The molecule has 1 atom stereocenters. The van der Waals surface area contributed by atoms with Gasteiger partial charge in [-0.2, -0.15) is 65.9 Å². The zero-order valence-corrected chi connectivity index (χ0v) is 15.8. The molecule has 0 heterocycles. The van der Waals surface area contributed by atoms with Gasteiger partial charge in [0.15, 0.2) is 11.4 Å². The monoisotopic (exact) mass is 558 g/mol. The highest BCUT2D eigenvalue weighted by atomic mass is 35.5. The van der Waals surface area contributed by atoms with E-state index in [-0.39, 0.29) is 12.1 Å². The van der Waals surface area contributed by atoms with Gasteiger partial charge in [0.05, 0.1) is 0 Å². The predicted octanol–water partition coefficient (Wildman–Crippen LogP) is 8.20. The maximum absolute atomic E-state index is 14.9.